The van der Waals surface area contributed by atoms with Crippen molar-refractivity contribution >= 4 is 0 Å². The monoisotopic (exact) mass is 153 g/mol. The van der Waals surface area contributed by atoms with Crippen LogP contribution >= 0.6 is 0 Å². The van der Waals surface area contributed by atoms with Crippen LogP contribution in [0.5, 0.6) is 0 Å². The van der Waals surface area contributed by atoms with E-state index in [4.69, 9.17) is 5.26 Å². The number of nitrogens with zero attached hydrogens (tertiary/aromatic N) is 3. The Labute approximate surface area is 64.1 Å². The molecule has 11 heavy (non-hydrogen) atoms. The number of hydrogen-bond donors (Lipinski definition) is 0. The summed E-state index contributed by atoms with van der Waals surface area (Å²) in [5, 5.41) is 12.2. The van der Waals surface area contributed by atoms with Crippen molar-refractivity contribution in [1.29, 1.82) is 5.26 Å². The average molecular weight is 153 g/mol. The zero-order chi connectivity index (χ0) is 8.27. The fourth-order valence-electron chi connectivity index (χ4n) is 0.779. The summed E-state index contributed by atoms with van der Waals surface area (Å²) >= 11 is 0. The second-order valence-electron chi connectivity index (χ2n) is 2.34. The van der Waals surface area contributed by atoms with E-state index in [2.05, 4.69) is 5.10 Å². The third-order valence-corrected chi connectivity index (χ3v) is 1.20. The molecule has 58 valence electrons. The van der Waals surface area contributed by atoms with Crippen LogP contribution in [0.2, 0.25) is 0 Å². The van der Waals surface area contributed by atoms with Crippen molar-refractivity contribution in [2.24, 2.45) is 0 Å². The average Bonchev–Trinajstić information content (AvgIpc) is 2.34. The third-order valence-electron chi connectivity index (χ3n) is 1.20. The molecule has 0 radical (unpaired) electrons. The van der Waals surface area contributed by atoms with E-state index in [1.54, 1.807) is 0 Å². The van der Waals surface area contributed by atoms with Crippen LogP contribution in [0.4, 0.5) is 4.39 Å². The second-order valence-corrected chi connectivity index (χ2v) is 2.34. The van der Waals surface area contributed by atoms with Crippen LogP contribution in [0, 0.1) is 11.3 Å². The highest BCUT2D eigenvalue weighted by Gasteiger charge is 2.01. The first kappa shape index (κ1) is 7.73. The van der Waals surface area contributed by atoms with Crippen molar-refractivity contribution in [3.8, 4) is 6.07 Å². The summed E-state index contributed by atoms with van der Waals surface area (Å²) in [4.78, 5) is 0. The van der Waals surface area contributed by atoms with Gasteiger partial charge in [-0.3, -0.25) is 4.68 Å². The highest BCUT2D eigenvalue weighted by molar-refractivity contribution is 5.21. The van der Waals surface area contributed by atoms with Gasteiger partial charge in [-0.1, -0.05) is 0 Å². The number of halogens is 1. The molecular formula is C7H8FN3. The van der Waals surface area contributed by atoms with E-state index in [1.807, 2.05) is 6.07 Å². The SMILES string of the molecule is CC(F)Cn1cc(C#N)cn1. The van der Waals surface area contributed by atoms with Crippen molar-refractivity contribution in [2.75, 3.05) is 0 Å². The minimum atomic E-state index is -0.929. The van der Waals surface area contributed by atoms with Gasteiger partial charge in [0.05, 0.1) is 18.3 Å². The Bertz CT molecular complexity index is 271. The molecule has 1 unspecified atom stereocenters. The molecule has 0 aliphatic carbocycles. The lowest BCUT2D eigenvalue weighted by Crippen LogP contribution is -2.07. The molecule has 0 aliphatic heterocycles. The summed E-state index contributed by atoms with van der Waals surface area (Å²) in [6.07, 6.45) is 2.01. The van der Waals surface area contributed by atoms with Crippen molar-refractivity contribution in [1.82, 2.24) is 9.78 Å². The normalized spacial score (nSPS) is 12.5. The first-order valence-electron chi connectivity index (χ1n) is 3.29. The lowest BCUT2D eigenvalue weighted by molar-refractivity contribution is 0.309. The van der Waals surface area contributed by atoms with Gasteiger partial charge in [-0.25, -0.2) is 4.39 Å². The first-order valence-corrected chi connectivity index (χ1v) is 3.29. The van der Waals surface area contributed by atoms with Gasteiger partial charge in [-0.15, -0.1) is 0 Å². The Morgan fingerprint density at radius 3 is 3.09 bits per heavy atom. The maximum absolute atomic E-state index is 12.4. The van der Waals surface area contributed by atoms with Crippen LogP contribution in [0.15, 0.2) is 12.4 Å². The molecule has 0 amide bonds. The summed E-state index contributed by atoms with van der Waals surface area (Å²) in [6.45, 7) is 1.66. The van der Waals surface area contributed by atoms with Gasteiger partial charge in [0.1, 0.15) is 12.2 Å². The smallest absolute Gasteiger partial charge is 0.117 e. The number of rotatable bonds is 2. The molecule has 0 spiro atoms. The van der Waals surface area contributed by atoms with Crippen molar-refractivity contribution in [2.45, 2.75) is 19.6 Å². The van der Waals surface area contributed by atoms with Gasteiger partial charge >= 0.3 is 0 Å². The predicted molar refractivity (Wildman–Crippen MR) is 37.5 cm³/mol. The predicted octanol–water partition coefficient (Wildman–Crippen LogP) is 1.11. The summed E-state index contributed by atoms with van der Waals surface area (Å²) < 4.78 is 13.8. The van der Waals surface area contributed by atoms with Gasteiger partial charge in [0, 0.05) is 6.20 Å². The van der Waals surface area contributed by atoms with E-state index >= 15 is 0 Å². The lowest BCUT2D eigenvalue weighted by atomic mass is 10.4. The highest BCUT2D eigenvalue weighted by Crippen LogP contribution is 1.98. The molecule has 3 nitrogen and oxygen atoms in total. The molecule has 1 heterocycles. The van der Waals surface area contributed by atoms with Gasteiger partial charge < -0.3 is 0 Å². The van der Waals surface area contributed by atoms with E-state index in [9.17, 15) is 4.39 Å². The fourth-order valence-corrected chi connectivity index (χ4v) is 0.779. The van der Waals surface area contributed by atoms with Crippen LogP contribution < -0.4 is 0 Å². The number of hydrogen-bond acceptors (Lipinski definition) is 2. The molecular weight excluding hydrogens is 145 g/mol. The molecule has 1 aromatic heterocycles. The van der Waals surface area contributed by atoms with Crippen LogP contribution in [0.3, 0.4) is 0 Å². The molecule has 0 fully saturated rings. The van der Waals surface area contributed by atoms with E-state index in [1.165, 1.54) is 24.0 Å². The first-order chi connectivity index (χ1) is 5.22. The Kier molecular flexibility index (Phi) is 2.21. The molecule has 1 atom stereocenters. The fraction of sp³-hybridized carbons (Fsp3) is 0.429. The van der Waals surface area contributed by atoms with Gasteiger partial charge in [-0.2, -0.15) is 10.4 Å². The van der Waals surface area contributed by atoms with Crippen molar-refractivity contribution in [3.05, 3.63) is 18.0 Å². The third kappa shape index (κ3) is 2.04. The van der Waals surface area contributed by atoms with E-state index in [0.717, 1.165) is 0 Å². The molecule has 0 saturated heterocycles. The molecule has 0 aromatic carbocycles. The molecule has 4 heteroatoms. The summed E-state index contributed by atoms with van der Waals surface area (Å²) in [7, 11) is 0. The Morgan fingerprint density at radius 1 is 1.91 bits per heavy atom. The molecule has 1 rings (SSSR count). The summed E-state index contributed by atoms with van der Waals surface area (Å²) in [5.74, 6) is 0. The van der Waals surface area contributed by atoms with E-state index in [-0.39, 0.29) is 6.54 Å². The maximum Gasteiger partial charge on any atom is 0.117 e. The lowest BCUT2D eigenvalue weighted by Gasteiger charge is -1.99. The van der Waals surface area contributed by atoms with Gasteiger partial charge in [0.15, 0.2) is 0 Å². The zero-order valence-corrected chi connectivity index (χ0v) is 6.16. The van der Waals surface area contributed by atoms with Crippen LogP contribution in [0.25, 0.3) is 0 Å². The molecule has 0 aliphatic rings. The Hall–Kier alpha value is -1.37. The minimum absolute atomic E-state index is 0.210. The molecule has 0 saturated carbocycles. The van der Waals surface area contributed by atoms with Gasteiger partial charge in [-0.05, 0) is 6.92 Å². The quantitative estimate of drug-likeness (QED) is 0.638. The minimum Gasteiger partial charge on any atom is -0.268 e. The summed E-state index contributed by atoms with van der Waals surface area (Å²) in [5.41, 5.74) is 0.464. The van der Waals surface area contributed by atoms with Gasteiger partial charge in [0.25, 0.3) is 0 Å². The molecule has 0 bridgehead atoms. The van der Waals surface area contributed by atoms with Crippen LogP contribution in [-0.4, -0.2) is 16.0 Å². The zero-order valence-electron chi connectivity index (χ0n) is 6.16. The molecule has 1 aromatic rings. The molecule has 0 N–H and O–H groups in total. The Morgan fingerprint density at radius 2 is 2.64 bits per heavy atom. The van der Waals surface area contributed by atoms with E-state index < -0.39 is 6.17 Å². The standard InChI is InChI=1S/C7H8FN3/c1-6(8)4-11-5-7(2-9)3-10-11/h3,5-6H,4H2,1H3. The number of aromatic nitrogens is 2. The highest BCUT2D eigenvalue weighted by atomic mass is 19.1. The maximum atomic E-state index is 12.4. The topological polar surface area (TPSA) is 41.6 Å². The number of alkyl halides is 1. The van der Waals surface area contributed by atoms with Gasteiger partial charge in [0.2, 0.25) is 0 Å². The van der Waals surface area contributed by atoms with Crippen molar-refractivity contribution in [3.63, 3.8) is 0 Å². The number of nitriles is 1. The van der Waals surface area contributed by atoms with E-state index in [0.29, 0.717) is 5.56 Å². The summed E-state index contributed by atoms with van der Waals surface area (Å²) in [6, 6.07) is 1.91. The Balaban J connectivity index is 2.67. The van der Waals surface area contributed by atoms with Crippen LogP contribution in [-0.2, 0) is 6.54 Å². The second kappa shape index (κ2) is 3.15. The largest absolute Gasteiger partial charge is 0.268 e. The van der Waals surface area contributed by atoms with Crippen LogP contribution in [0.1, 0.15) is 12.5 Å². The van der Waals surface area contributed by atoms with Crippen molar-refractivity contribution < 1.29 is 4.39 Å².